The molecule has 0 radical (unpaired) electrons. The van der Waals surface area contributed by atoms with Crippen molar-refractivity contribution in [2.24, 2.45) is 5.92 Å². The molecule has 2 amide bonds. The highest BCUT2D eigenvalue weighted by molar-refractivity contribution is 7.99. The van der Waals surface area contributed by atoms with E-state index in [4.69, 9.17) is 5.21 Å². The fraction of sp³-hybridized carbons (Fsp3) is 0.600. The van der Waals surface area contributed by atoms with Crippen molar-refractivity contribution in [1.82, 2.24) is 10.4 Å². The van der Waals surface area contributed by atoms with Gasteiger partial charge in [-0.25, -0.2) is 5.48 Å². The molecule has 0 aliphatic carbocycles. The molecule has 6 heteroatoms. The normalized spacial score (nSPS) is 25.3. The van der Waals surface area contributed by atoms with Gasteiger partial charge in [0.1, 0.15) is 0 Å². The van der Waals surface area contributed by atoms with Crippen molar-refractivity contribution >= 4 is 23.6 Å². The highest BCUT2D eigenvalue weighted by atomic mass is 32.2. The summed E-state index contributed by atoms with van der Waals surface area (Å²) < 4.78 is 0. The lowest BCUT2D eigenvalue weighted by molar-refractivity contribution is -0.138. The molecule has 0 spiro atoms. The van der Waals surface area contributed by atoms with Crippen molar-refractivity contribution in [1.29, 1.82) is 0 Å². The van der Waals surface area contributed by atoms with E-state index in [1.807, 2.05) is 54.8 Å². The minimum absolute atomic E-state index is 0.107. The molecule has 142 valence electrons. The standard InChI is InChI=1S/C20H28N2O3S/c1-14-3-5-16(6-4-14)20(2)9-10-22(19(20)24)17(13-18(23)21-25)15-7-11-26-12-8-15/h3-6,15,17,25H,7-13H2,1-2H3,(H,21,23)/t17-,20?/m0/s1. The third kappa shape index (κ3) is 3.76. The van der Waals surface area contributed by atoms with Crippen molar-refractivity contribution < 1.29 is 14.8 Å². The number of benzene rings is 1. The molecular formula is C20H28N2O3S. The Hall–Kier alpha value is -1.53. The number of hydroxylamine groups is 1. The minimum Gasteiger partial charge on any atom is -0.338 e. The first-order chi connectivity index (χ1) is 12.5. The van der Waals surface area contributed by atoms with E-state index >= 15 is 0 Å². The molecule has 2 fully saturated rings. The maximum absolute atomic E-state index is 13.4. The van der Waals surface area contributed by atoms with E-state index in [-0.39, 0.29) is 18.4 Å². The molecule has 1 unspecified atom stereocenters. The largest absolute Gasteiger partial charge is 0.338 e. The van der Waals surface area contributed by atoms with E-state index in [2.05, 4.69) is 0 Å². The van der Waals surface area contributed by atoms with Crippen LogP contribution in [-0.4, -0.2) is 46.0 Å². The first-order valence-corrected chi connectivity index (χ1v) is 10.5. The number of aryl methyl sites for hydroxylation is 1. The lowest BCUT2D eigenvalue weighted by Crippen LogP contribution is -2.48. The number of carbonyl (C=O) groups is 2. The minimum atomic E-state index is -0.537. The van der Waals surface area contributed by atoms with Crippen LogP contribution in [0, 0.1) is 12.8 Å². The molecule has 2 N–H and O–H groups in total. The van der Waals surface area contributed by atoms with Crippen LogP contribution in [0.25, 0.3) is 0 Å². The van der Waals surface area contributed by atoms with Gasteiger partial charge < -0.3 is 4.90 Å². The molecule has 0 saturated carbocycles. The van der Waals surface area contributed by atoms with Crippen LogP contribution in [0.2, 0.25) is 0 Å². The molecule has 5 nitrogen and oxygen atoms in total. The van der Waals surface area contributed by atoms with Crippen LogP contribution in [0.1, 0.15) is 43.7 Å². The van der Waals surface area contributed by atoms with E-state index in [0.29, 0.717) is 12.5 Å². The molecule has 2 saturated heterocycles. The van der Waals surface area contributed by atoms with Gasteiger partial charge in [-0.3, -0.25) is 14.8 Å². The third-order valence-corrected chi connectivity index (χ3v) is 7.05. The maximum Gasteiger partial charge on any atom is 0.245 e. The summed E-state index contributed by atoms with van der Waals surface area (Å²) in [5, 5.41) is 8.99. The van der Waals surface area contributed by atoms with Gasteiger partial charge in [0.2, 0.25) is 11.8 Å². The molecule has 0 bridgehead atoms. The molecule has 26 heavy (non-hydrogen) atoms. The summed E-state index contributed by atoms with van der Waals surface area (Å²) in [7, 11) is 0. The monoisotopic (exact) mass is 376 g/mol. The second-order valence-corrected chi connectivity index (χ2v) is 8.93. The summed E-state index contributed by atoms with van der Waals surface area (Å²) >= 11 is 1.93. The molecule has 3 rings (SSSR count). The first kappa shape index (κ1) is 19.2. The number of amides is 2. The van der Waals surface area contributed by atoms with Gasteiger partial charge in [0, 0.05) is 19.0 Å². The Labute approximate surface area is 159 Å². The van der Waals surface area contributed by atoms with Gasteiger partial charge in [0.25, 0.3) is 0 Å². The number of rotatable bonds is 5. The van der Waals surface area contributed by atoms with Crippen molar-refractivity contribution in [3.63, 3.8) is 0 Å². The second-order valence-electron chi connectivity index (χ2n) is 7.70. The Morgan fingerprint density at radius 1 is 1.35 bits per heavy atom. The van der Waals surface area contributed by atoms with Crippen molar-refractivity contribution in [3.8, 4) is 0 Å². The average Bonchev–Trinajstić information content (AvgIpc) is 2.97. The van der Waals surface area contributed by atoms with Crippen LogP contribution in [0.3, 0.4) is 0 Å². The van der Waals surface area contributed by atoms with E-state index in [1.165, 1.54) is 5.56 Å². The highest BCUT2D eigenvalue weighted by Crippen LogP contribution is 2.40. The Bertz CT molecular complexity index is 658. The van der Waals surface area contributed by atoms with E-state index in [0.717, 1.165) is 36.3 Å². The van der Waals surface area contributed by atoms with E-state index < -0.39 is 11.3 Å². The SMILES string of the molecule is Cc1ccc(C2(C)CCN([C@@H](CC(=O)NO)C3CCSCC3)C2=O)cc1. The van der Waals surface area contributed by atoms with Crippen LogP contribution in [0.15, 0.2) is 24.3 Å². The zero-order valence-electron chi connectivity index (χ0n) is 15.5. The molecule has 2 aliphatic heterocycles. The smallest absolute Gasteiger partial charge is 0.245 e. The van der Waals surface area contributed by atoms with Crippen LogP contribution in [-0.2, 0) is 15.0 Å². The highest BCUT2D eigenvalue weighted by Gasteiger charge is 2.47. The number of likely N-dealkylation sites (tertiary alicyclic amines) is 1. The number of nitrogens with zero attached hydrogens (tertiary/aromatic N) is 1. The molecule has 0 aromatic heterocycles. The molecule has 1 aromatic carbocycles. The van der Waals surface area contributed by atoms with Crippen LogP contribution < -0.4 is 5.48 Å². The van der Waals surface area contributed by atoms with Gasteiger partial charge >= 0.3 is 0 Å². The number of hydrogen-bond donors (Lipinski definition) is 2. The summed E-state index contributed by atoms with van der Waals surface area (Å²) in [6, 6.07) is 8.05. The second kappa shape index (κ2) is 8.01. The van der Waals surface area contributed by atoms with E-state index in [1.54, 1.807) is 5.48 Å². The summed E-state index contributed by atoms with van der Waals surface area (Å²) in [4.78, 5) is 27.2. The van der Waals surface area contributed by atoms with Crippen molar-refractivity contribution in [2.75, 3.05) is 18.1 Å². The fourth-order valence-electron chi connectivity index (χ4n) is 4.24. The van der Waals surface area contributed by atoms with Crippen LogP contribution >= 0.6 is 11.8 Å². The van der Waals surface area contributed by atoms with Gasteiger partial charge in [-0.05, 0) is 56.1 Å². The lowest BCUT2D eigenvalue weighted by atomic mass is 9.80. The lowest BCUT2D eigenvalue weighted by Gasteiger charge is -2.37. The maximum atomic E-state index is 13.4. The molecule has 2 atom stereocenters. The zero-order valence-corrected chi connectivity index (χ0v) is 16.3. The quantitative estimate of drug-likeness (QED) is 0.612. The fourth-order valence-corrected chi connectivity index (χ4v) is 5.39. The summed E-state index contributed by atoms with van der Waals surface area (Å²) in [5.41, 5.74) is 3.43. The van der Waals surface area contributed by atoms with Gasteiger partial charge in [0.15, 0.2) is 0 Å². The predicted molar refractivity (Wildman–Crippen MR) is 103 cm³/mol. The summed E-state index contributed by atoms with van der Waals surface area (Å²) in [6.07, 6.45) is 2.95. The molecule has 2 heterocycles. The molecule has 2 aliphatic rings. The summed E-state index contributed by atoms with van der Waals surface area (Å²) in [5.74, 6) is 2.15. The average molecular weight is 377 g/mol. The van der Waals surface area contributed by atoms with Crippen molar-refractivity contribution in [3.05, 3.63) is 35.4 Å². The van der Waals surface area contributed by atoms with Gasteiger partial charge in [-0.1, -0.05) is 29.8 Å². The number of thioether (sulfide) groups is 1. The predicted octanol–water partition coefficient (Wildman–Crippen LogP) is 2.89. The van der Waals surface area contributed by atoms with Gasteiger partial charge in [-0.2, -0.15) is 11.8 Å². The van der Waals surface area contributed by atoms with Crippen LogP contribution in [0.5, 0.6) is 0 Å². The van der Waals surface area contributed by atoms with Crippen LogP contribution in [0.4, 0.5) is 0 Å². The Balaban J connectivity index is 1.84. The number of carbonyl (C=O) groups excluding carboxylic acids is 2. The van der Waals surface area contributed by atoms with Gasteiger partial charge in [0.05, 0.1) is 5.41 Å². The molecular weight excluding hydrogens is 348 g/mol. The van der Waals surface area contributed by atoms with E-state index in [9.17, 15) is 9.59 Å². The Morgan fingerprint density at radius 2 is 2.00 bits per heavy atom. The number of hydrogen-bond acceptors (Lipinski definition) is 4. The number of nitrogens with one attached hydrogen (secondary N) is 1. The topological polar surface area (TPSA) is 69.6 Å². The molecule has 1 aromatic rings. The Kier molecular flexibility index (Phi) is 5.92. The first-order valence-electron chi connectivity index (χ1n) is 9.34. The van der Waals surface area contributed by atoms with Gasteiger partial charge in [-0.15, -0.1) is 0 Å². The van der Waals surface area contributed by atoms with Crippen molar-refractivity contribution in [2.45, 2.75) is 51.0 Å². The Morgan fingerprint density at radius 3 is 2.62 bits per heavy atom. The summed E-state index contributed by atoms with van der Waals surface area (Å²) in [6.45, 7) is 4.72. The zero-order chi connectivity index (χ0) is 18.7. The third-order valence-electron chi connectivity index (χ3n) is 6.00.